The van der Waals surface area contributed by atoms with E-state index in [0.717, 1.165) is 5.57 Å². The lowest BCUT2D eigenvalue weighted by molar-refractivity contribution is -0.140. The summed E-state index contributed by atoms with van der Waals surface area (Å²) in [6.07, 6.45) is 0. The fourth-order valence-electron chi connectivity index (χ4n) is 1.67. The second kappa shape index (κ2) is 4.34. The standard InChI is InChI=1S/C10H16BrNO2/c1-5-14-10(13)9-6(2)8(11)7(3)12(9)4/h7-8H,5H2,1-4H3. The van der Waals surface area contributed by atoms with Crippen molar-refractivity contribution in [3.05, 3.63) is 11.3 Å². The highest BCUT2D eigenvalue weighted by Gasteiger charge is 2.35. The number of hydrogen-bond acceptors (Lipinski definition) is 3. The fraction of sp³-hybridized carbons (Fsp3) is 0.700. The first-order valence-corrected chi connectivity index (χ1v) is 5.67. The molecule has 1 aliphatic rings. The smallest absolute Gasteiger partial charge is 0.354 e. The zero-order chi connectivity index (χ0) is 10.9. The van der Waals surface area contributed by atoms with Crippen LogP contribution in [0.4, 0.5) is 0 Å². The lowest BCUT2D eigenvalue weighted by atomic mass is 10.1. The Kier molecular flexibility index (Phi) is 3.59. The number of halogens is 1. The number of hydrogen-bond donors (Lipinski definition) is 0. The Morgan fingerprint density at radius 2 is 2.21 bits per heavy atom. The van der Waals surface area contributed by atoms with Crippen LogP contribution in [0.15, 0.2) is 11.3 Å². The van der Waals surface area contributed by atoms with E-state index in [4.69, 9.17) is 4.74 Å². The number of nitrogens with zero attached hydrogens (tertiary/aromatic N) is 1. The van der Waals surface area contributed by atoms with E-state index in [-0.39, 0.29) is 10.8 Å². The first kappa shape index (κ1) is 11.6. The molecule has 0 spiro atoms. The van der Waals surface area contributed by atoms with Gasteiger partial charge in [-0.3, -0.25) is 0 Å². The van der Waals surface area contributed by atoms with Crippen LogP contribution in [-0.4, -0.2) is 35.4 Å². The van der Waals surface area contributed by atoms with Crippen LogP contribution in [0.2, 0.25) is 0 Å². The van der Waals surface area contributed by atoms with Gasteiger partial charge in [-0.15, -0.1) is 0 Å². The van der Waals surface area contributed by atoms with E-state index in [0.29, 0.717) is 18.3 Å². The molecule has 1 heterocycles. The molecule has 0 fully saturated rings. The van der Waals surface area contributed by atoms with Crippen LogP contribution in [0.5, 0.6) is 0 Å². The van der Waals surface area contributed by atoms with Gasteiger partial charge in [-0.2, -0.15) is 0 Å². The minimum atomic E-state index is -0.221. The predicted octanol–water partition coefficient (Wildman–Crippen LogP) is 1.92. The van der Waals surface area contributed by atoms with E-state index in [1.54, 1.807) is 0 Å². The molecule has 0 N–H and O–H groups in total. The number of rotatable bonds is 2. The maximum atomic E-state index is 11.6. The van der Waals surface area contributed by atoms with Gasteiger partial charge in [-0.05, 0) is 26.3 Å². The van der Waals surface area contributed by atoms with Gasteiger partial charge in [0.15, 0.2) is 0 Å². The Bertz CT molecular complexity index is 275. The molecule has 2 unspecified atom stereocenters. The molecule has 0 aromatic carbocycles. The second-order valence-corrected chi connectivity index (χ2v) is 4.49. The Labute approximate surface area is 93.2 Å². The third-order valence-corrected chi connectivity index (χ3v) is 4.09. The fourth-order valence-corrected chi connectivity index (χ4v) is 2.25. The van der Waals surface area contributed by atoms with Gasteiger partial charge in [-0.25, -0.2) is 4.79 Å². The van der Waals surface area contributed by atoms with Crippen LogP contribution in [-0.2, 0) is 9.53 Å². The van der Waals surface area contributed by atoms with Crippen molar-refractivity contribution >= 4 is 21.9 Å². The average molecular weight is 262 g/mol. The summed E-state index contributed by atoms with van der Waals surface area (Å²) in [6, 6.07) is 0.300. The van der Waals surface area contributed by atoms with Crippen molar-refractivity contribution in [2.24, 2.45) is 0 Å². The number of likely N-dealkylation sites (N-methyl/N-ethyl adjacent to an activating group) is 1. The number of ether oxygens (including phenoxy) is 1. The van der Waals surface area contributed by atoms with Crippen LogP contribution in [0.3, 0.4) is 0 Å². The summed E-state index contributed by atoms with van der Waals surface area (Å²) >= 11 is 3.56. The molecule has 0 saturated heterocycles. The highest BCUT2D eigenvalue weighted by Crippen LogP contribution is 2.32. The lowest BCUT2D eigenvalue weighted by Crippen LogP contribution is -2.30. The summed E-state index contributed by atoms with van der Waals surface area (Å²) in [7, 11) is 1.92. The molecule has 80 valence electrons. The van der Waals surface area contributed by atoms with E-state index in [1.807, 2.05) is 25.8 Å². The SMILES string of the molecule is CCOC(=O)C1=C(C)C(Br)C(C)N1C. The number of alkyl halides is 1. The average Bonchev–Trinajstić information content (AvgIpc) is 2.32. The Morgan fingerprint density at radius 3 is 2.57 bits per heavy atom. The Morgan fingerprint density at radius 1 is 1.64 bits per heavy atom. The molecular formula is C10H16BrNO2. The van der Waals surface area contributed by atoms with Crippen LogP contribution in [0.25, 0.3) is 0 Å². The van der Waals surface area contributed by atoms with Crippen molar-refractivity contribution in [3.63, 3.8) is 0 Å². The summed E-state index contributed by atoms with van der Waals surface area (Å²) in [5.74, 6) is -0.221. The van der Waals surface area contributed by atoms with Crippen LogP contribution in [0, 0.1) is 0 Å². The minimum absolute atomic E-state index is 0.221. The zero-order valence-electron chi connectivity index (χ0n) is 9.00. The zero-order valence-corrected chi connectivity index (χ0v) is 10.6. The maximum absolute atomic E-state index is 11.6. The molecule has 1 rings (SSSR count). The van der Waals surface area contributed by atoms with Crippen LogP contribution < -0.4 is 0 Å². The Balaban J connectivity index is 2.91. The van der Waals surface area contributed by atoms with Crippen LogP contribution >= 0.6 is 15.9 Å². The normalized spacial score (nSPS) is 27.1. The molecule has 0 aromatic heterocycles. The third-order valence-electron chi connectivity index (χ3n) is 2.64. The van der Waals surface area contributed by atoms with Crippen molar-refractivity contribution in [3.8, 4) is 0 Å². The molecule has 3 nitrogen and oxygen atoms in total. The molecule has 0 radical (unpaired) electrons. The van der Waals surface area contributed by atoms with Crippen molar-refractivity contribution in [2.45, 2.75) is 31.6 Å². The second-order valence-electron chi connectivity index (χ2n) is 3.51. The lowest BCUT2D eigenvalue weighted by Gasteiger charge is -2.22. The molecule has 4 heteroatoms. The van der Waals surface area contributed by atoms with Crippen molar-refractivity contribution in [2.75, 3.05) is 13.7 Å². The van der Waals surface area contributed by atoms with Gasteiger partial charge in [0.05, 0.1) is 11.4 Å². The van der Waals surface area contributed by atoms with E-state index < -0.39 is 0 Å². The predicted molar refractivity (Wildman–Crippen MR) is 59.3 cm³/mol. The van der Waals surface area contributed by atoms with Gasteiger partial charge in [0.2, 0.25) is 0 Å². The molecule has 1 aliphatic heterocycles. The highest BCUT2D eigenvalue weighted by atomic mass is 79.9. The van der Waals surface area contributed by atoms with Crippen molar-refractivity contribution in [1.82, 2.24) is 4.90 Å². The quantitative estimate of drug-likeness (QED) is 0.562. The van der Waals surface area contributed by atoms with Gasteiger partial charge in [0.25, 0.3) is 0 Å². The van der Waals surface area contributed by atoms with Gasteiger partial charge in [0, 0.05) is 13.1 Å². The summed E-state index contributed by atoms with van der Waals surface area (Å²) < 4.78 is 5.00. The highest BCUT2D eigenvalue weighted by molar-refractivity contribution is 9.09. The van der Waals surface area contributed by atoms with E-state index >= 15 is 0 Å². The molecule has 0 aliphatic carbocycles. The Hall–Kier alpha value is -0.510. The molecule has 14 heavy (non-hydrogen) atoms. The van der Waals surface area contributed by atoms with Gasteiger partial charge in [-0.1, -0.05) is 15.9 Å². The summed E-state index contributed by atoms with van der Waals surface area (Å²) in [5.41, 5.74) is 1.75. The topological polar surface area (TPSA) is 29.5 Å². The van der Waals surface area contributed by atoms with Crippen LogP contribution in [0.1, 0.15) is 20.8 Å². The minimum Gasteiger partial charge on any atom is -0.461 e. The number of carbonyl (C=O) groups excluding carboxylic acids is 1. The first-order valence-electron chi connectivity index (χ1n) is 4.75. The summed E-state index contributed by atoms with van der Waals surface area (Å²) in [4.78, 5) is 13.8. The summed E-state index contributed by atoms with van der Waals surface area (Å²) in [6.45, 7) is 6.28. The largest absolute Gasteiger partial charge is 0.461 e. The van der Waals surface area contributed by atoms with E-state index in [2.05, 4.69) is 22.9 Å². The van der Waals surface area contributed by atoms with Gasteiger partial charge >= 0.3 is 5.97 Å². The summed E-state index contributed by atoms with van der Waals surface area (Å²) in [5, 5.41) is 0. The van der Waals surface area contributed by atoms with E-state index in [1.165, 1.54) is 0 Å². The van der Waals surface area contributed by atoms with E-state index in [9.17, 15) is 4.79 Å². The number of carbonyl (C=O) groups is 1. The molecule has 0 amide bonds. The molecule has 0 saturated carbocycles. The third kappa shape index (κ3) is 1.80. The van der Waals surface area contributed by atoms with Gasteiger partial charge in [0.1, 0.15) is 5.70 Å². The van der Waals surface area contributed by atoms with Gasteiger partial charge < -0.3 is 9.64 Å². The molecule has 0 aromatic rings. The first-order chi connectivity index (χ1) is 6.50. The molecule has 2 atom stereocenters. The number of esters is 1. The molecular weight excluding hydrogens is 246 g/mol. The van der Waals surface area contributed by atoms with Crippen molar-refractivity contribution < 1.29 is 9.53 Å². The maximum Gasteiger partial charge on any atom is 0.354 e. The molecule has 0 bridgehead atoms. The van der Waals surface area contributed by atoms with Crippen molar-refractivity contribution in [1.29, 1.82) is 0 Å². The monoisotopic (exact) mass is 261 g/mol.